The van der Waals surface area contributed by atoms with Gasteiger partial charge in [-0.3, -0.25) is 4.98 Å². The number of pyridine rings is 1. The molecule has 4 nitrogen and oxygen atoms in total. The molecule has 0 spiro atoms. The van der Waals surface area contributed by atoms with Gasteiger partial charge in [-0.1, -0.05) is 6.42 Å². The Hall–Kier alpha value is -1.13. The van der Waals surface area contributed by atoms with Crippen molar-refractivity contribution in [3.05, 3.63) is 23.5 Å². The normalized spacial score (nSPS) is 21.2. The van der Waals surface area contributed by atoms with E-state index in [-0.39, 0.29) is 6.04 Å². The molecule has 1 fully saturated rings. The molecule has 21 heavy (non-hydrogen) atoms. The molecule has 0 aliphatic carbocycles. The lowest BCUT2D eigenvalue weighted by atomic mass is 10.0. The van der Waals surface area contributed by atoms with Gasteiger partial charge in [0.1, 0.15) is 5.75 Å². The molecule has 1 aromatic rings. The highest BCUT2D eigenvalue weighted by molar-refractivity contribution is 5.29. The van der Waals surface area contributed by atoms with Crippen molar-refractivity contribution >= 4 is 0 Å². The molecule has 1 aliphatic rings. The first kappa shape index (κ1) is 16.2. The highest BCUT2D eigenvalue weighted by Gasteiger charge is 2.18. The molecule has 1 saturated heterocycles. The van der Waals surface area contributed by atoms with E-state index in [0.717, 1.165) is 36.6 Å². The lowest BCUT2D eigenvalue weighted by Gasteiger charge is -2.32. The topological polar surface area (TPSA) is 51.4 Å². The van der Waals surface area contributed by atoms with Gasteiger partial charge in [0.25, 0.3) is 0 Å². The summed E-state index contributed by atoms with van der Waals surface area (Å²) in [5, 5.41) is 0. The molecule has 1 aliphatic heterocycles. The van der Waals surface area contributed by atoms with Crippen LogP contribution in [0.5, 0.6) is 5.75 Å². The minimum absolute atomic E-state index is 0.103. The van der Waals surface area contributed by atoms with Crippen molar-refractivity contribution in [1.29, 1.82) is 0 Å². The van der Waals surface area contributed by atoms with Crippen LogP contribution < -0.4 is 10.5 Å². The van der Waals surface area contributed by atoms with Crippen LogP contribution in [0.2, 0.25) is 0 Å². The molecule has 2 unspecified atom stereocenters. The molecule has 0 bridgehead atoms. The summed E-state index contributed by atoms with van der Waals surface area (Å²) in [6.07, 6.45) is 5.81. The quantitative estimate of drug-likeness (QED) is 0.875. The van der Waals surface area contributed by atoms with Gasteiger partial charge in [-0.25, -0.2) is 0 Å². The predicted molar refractivity (Wildman–Crippen MR) is 86.7 cm³/mol. The Morgan fingerprint density at radius 3 is 2.95 bits per heavy atom. The monoisotopic (exact) mass is 291 g/mol. The van der Waals surface area contributed by atoms with Crippen LogP contribution in [-0.4, -0.2) is 42.2 Å². The van der Waals surface area contributed by atoms with Gasteiger partial charge < -0.3 is 15.4 Å². The van der Waals surface area contributed by atoms with Gasteiger partial charge in [0.15, 0.2) is 0 Å². The van der Waals surface area contributed by atoms with E-state index >= 15 is 0 Å². The second-order valence-electron chi connectivity index (χ2n) is 6.35. The average molecular weight is 291 g/mol. The zero-order valence-electron chi connectivity index (χ0n) is 13.6. The van der Waals surface area contributed by atoms with Crippen LogP contribution >= 0.6 is 0 Å². The SMILES string of the molecule is Cc1ccc(OCCC2CCCCN2C)c(CC(C)N)n1. The Morgan fingerprint density at radius 2 is 2.24 bits per heavy atom. The van der Waals surface area contributed by atoms with E-state index in [1.54, 1.807) is 0 Å². The summed E-state index contributed by atoms with van der Waals surface area (Å²) < 4.78 is 6.00. The van der Waals surface area contributed by atoms with Crippen LogP contribution in [0.3, 0.4) is 0 Å². The number of hydrogen-bond donors (Lipinski definition) is 1. The van der Waals surface area contributed by atoms with Crippen LogP contribution in [0.15, 0.2) is 12.1 Å². The minimum atomic E-state index is 0.103. The van der Waals surface area contributed by atoms with Crippen molar-refractivity contribution in [3.8, 4) is 5.75 Å². The molecule has 0 saturated carbocycles. The number of aryl methyl sites for hydroxylation is 1. The van der Waals surface area contributed by atoms with Crippen molar-refractivity contribution in [2.45, 2.75) is 58.0 Å². The number of rotatable bonds is 6. The maximum atomic E-state index is 6.00. The van der Waals surface area contributed by atoms with Gasteiger partial charge >= 0.3 is 0 Å². The average Bonchev–Trinajstić information content (AvgIpc) is 2.42. The molecule has 2 N–H and O–H groups in total. The van der Waals surface area contributed by atoms with E-state index in [1.807, 2.05) is 26.0 Å². The van der Waals surface area contributed by atoms with Gasteiger partial charge in [0.05, 0.1) is 12.3 Å². The first-order valence-corrected chi connectivity index (χ1v) is 8.11. The smallest absolute Gasteiger partial charge is 0.140 e. The lowest BCUT2D eigenvalue weighted by molar-refractivity contribution is 0.152. The van der Waals surface area contributed by atoms with Gasteiger partial charge in [0.2, 0.25) is 0 Å². The second kappa shape index (κ2) is 7.76. The molecule has 4 heteroatoms. The molecule has 118 valence electrons. The van der Waals surface area contributed by atoms with Crippen LogP contribution in [0.1, 0.15) is 44.0 Å². The molecule has 1 aromatic heterocycles. The maximum Gasteiger partial charge on any atom is 0.140 e. The molecule has 2 rings (SSSR count). The van der Waals surface area contributed by atoms with Crippen LogP contribution in [-0.2, 0) is 6.42 Å². The zero-order valence-corrected chi connectivity index (χ0v) is 13.6. The molecule has 2 atom stereocenters. The molecule has 2 heterocycles. The minimum Gasteiger partial charge on any atom is -0.492 e. The summed E-state index contributed by atoms with van der Waals surface area (Å²) in [6.45, 7) is 5.98. The van der Waals surface area contributed by atoms with Crippen molar-refractivity contribution < 1.29 is 4.74 Å². The highest BCUT2D eigenvalue weighted by Crippen LogP contribution is 2.21. The Labute approximate surface area is 128 Å². The van der Waals surface area contributed by atoms with Crippen molar-refractivity contribution in [1.82, 2.24) is 9.88 Å². The van der Waals surface area contributed by atoms with Crippen molar-refractivity contribution in [2.24, 2.45) is 5.73 Å². The van der Waals surface area contributed by atoms with Gasteiger partial charge in [-0.15, -0.1) is 0 Å². The fourth-order valence-electron chi connectivity index (χ4n) is 2.99. The number of nitrogens with two attached hydrogens (primary N) is 1. The Balaban J connectivity index is 1.90. The standard InChI is InChI=1S/C17H29N3O/c1-13(18)12-16-17(8-7-14(2)19-16)21-11-9-15-6-4-5-10-20(15)3/h7-8,13,15H,4-6,9-12,18H2,1-3H3. The number of likely N-dealkylation sites (tertiary alicyclic amines) is 1. The summed E-state index contributed by atoms with van der Waals surface area (Å²) in [4.78, 5) is 7.04. The van der Waals surface area contributed by atoms with E-state index in [4.69, 9.17) is 10.5 Å². The Kier molecular flexibility index (Phi) is 6.00. The van der Waals surface area contributed by atoms with Crippen molar-refractivity contribution in [2.75, 3.05) is 20.2 Å². The predicted octanol–water partition coefficient (Wildman–Crippen LogP) is 2.53. The molecule has 0 radical (unpaired) electrons. The molecular weight excluding hydrogens is 262 g/mol. The number of nitrogens with zero attached hydrogens (tertiary/aromatic N) is 2. The number of aromatic nitrogens is 1. The maximum absolute atomic E-state index is 6.00. The van der Waals surface area contributed by atoms with E-state index in [2.05, 4.69) is 16.9 Å². The van der Waals surface area contributed by atoms with E-state index < -0.39 is 0 Å². The second-order valence-corrected chi connectivity index (χ2v) is 6.35. The van der Waals surface area contributed by atoms with Gasteiger partial charge in [0, 0.05) is 24.2 Å². The largest absolute Gasteiger partial charge is 0.492 e. The van der Waals surface area contributed by atoms with Gasteiger partial charge in [-0.2, -0.15) is 0 Å². The summed E-state index contributed by atoms with van der Waals surface area (Å²) in [6, 6.07) is 4.80. The lowest BCUT2D eigenvalue weighted by Crippen LogP contribution is -2.37. The fraction of sp³-hybridized carbons (Fsp3) is 0.706. The summed E-state index contributed by atoms with van der Waals surface area (Å²) >= 11 is 0. The number of piperidine rings is 1. The van der Waals surface area contributed by atoms with Crippen molar-refractivity contribution in [3.63, 3.8) is 0 Å². The van der Waals surface area contributed by atoms with Crippen LogP contribution in [0.25, 0.3) is 0 Å². The van der Waals surface area contributed by atoms with Crippen LogP contribution in [0, 0.1) is 6.92 Å². The van der Waals surface area contributed by atoms with Gasteiger partial charge in [-0.05, 0) is 58.8 Å². The highest BCUT2D eigenvalue weighted by atomic mass is 16.5. The fourth-order valence-corrected chi connectivity index (χ4v) is 2.99. The Morgan fingerprint density at radius 1 is 1.43 bits per heavy atom. The summed E-state index contributed by atoms with van der Waals surface area (Å²) in [7, 11) is 2.22. The third-order valence-electron chi connectivity index (χ3n) is 4.22. The van der Waals surface area contributed by atoms with E-state index in [1.165, 1.54) is 25.8 Å². The molecule has 0 amide bonds. The Bertz CT molecular complexity index is 448. The summed E-state index contributed by atoms with van der Waals surface area (Å²) in [5.74, 6) is 0.899. The number of hydrogen-bond acceptors (Lipinski definition) is 4. The van der Waals surface area contributed by atoms with Crippen LogP contribution in [0.4, 0.5) is 0 Å². The third kappa shape index (κ3) is 4.97. The molecule has 0 aromatic carbocycles. The number of ether oxygens (including phenoxy) is 1. The van der Waals surface area contributed by atoms with E-state index in [9.17, 15) is 0 Å². The first-order valence-electron chi connectivity index (χ1n) is 8.11. The van der Waals surface area contributed by atoms with E-state index in [0.29, 0.717) is 6.04 Å². The molecular formula is C17H29N3O. The first-order chi connectivity index (χ1) is 10.1. The zero-order chi connectivity index (χ0) is 15.2. The summed E-state index contributed by atoms with van der Waals surface area (Å²) in [5.41, 5.74) is 7.91. The third-order valence-corrected chi connectivity index (χ3v) is 4.22.